The lowest BCUT2D eigenvalue weighted by molar-refractivity contribution is -0.121. The van der Waals surface area contributed by atoms with Crippen LogP contribution in [0.2, 0.25) is 5.02 Å². The number of thioether (sulfide) groups is 1. The third-order valence-corrected chi connectivity index (χ3v) is 4.49. The van der Waals surface area contributed by atoms with Crippen LogP contribution in [0.3, 0.4) is 0 Å². The molecule has 0 heterocycles. The summed E-state index contributed by atoms with van der Waals surface area (Å²) in [6, 6.07) is 7.70. The Morgan fingerprint density at radius 1 is 1.29 bits per heavy atom. The van der Waals surface area contributed by atoms with Crippen LogP contribution < -0.4 is 0 Å². The van der Waals surface area contributed by atoms with Gasteiger partial charge in [0.25, 0.3) is 0 Å². The lowest BCUT2D eigenvalue weighted by Crippen LogP contribution is -2.19. The smallest absolute Gasteiger partial charge is 0.146 e. The number of rotatable bonds is 4. The third kappa shape index (κ3) is 4.04. The molecule has 1 aliphatic carbocycles. The highest BCUT2D eigenvalue weighted by Gasteiger charge is 2.20. The van der Waals surface area contributed by atoms with E-state index in [1.54, 1.807) is 11.8 Å². The van der Waals surface area contributed by atoms with Crippen LogP contribution in [0.1, 0.15) is 32.1 Å². The van der Waals surface area contributed by atoms with Crippen LogP contribution in [-0.4, -0.2) is 11.5 Å². The van der Waals surface area contributed by atoms with Crippen molar-refractivity contribution < 1.29 is 4.79 Å². The molecule has 0 aromatic heterocycles. The minimum atomic E-state index is 0.315. The van der Waals surface area contributed by atoms with Crippen molar-refractivity contribution in [3.05, 3.63) is 29.3 Å². The van der Waals surface area contributed by atoms with E-state index in [0.29, 0.717) is 17.5 Å². The Bertz CT molecular complexity index is 386. The van der Waals surface area contributed by atoms with Crippen LogP contribution >= 0.6 is 23.4 Å². The highest BCUT2D eigenvalue weighted by molar-refractivity contribution is 8.00. The molecule has 0 N–H and O–H groups in total. The van der Waals surface area contributed by atoms with Gasteiger partial charge in [0.1, 0.15) is 5.78 Å². The highest BCUT2D eigenvalue weighted by atomic mass is 35.5. The van der Waals surface area contributed by atoms with Crippen molar-refractivity contribution in [2.75, 3.05) is 5.75 Å². The summed E-state index contributed by atoms with van der Waals surface area (Å²) in [5, 5.41) is 0.736. The molecule has 3 heteroatoms. The maximum Gasteiger partial charge on any atom is 0.146 e. The molecule has 0 bridgehead atoms. The van der Waals surface area contributed by atoms with E-state index in [4.69, 9.17) is 11.6 Å². The van der Waals surface area contributed by atoms with Crippen LogP contribution in [-0.2, 0) is 4.79 Å². The van der Waals surface area contributed by atoms with E-state index in [-0.39, 0.29) is 0 Å². The molecule has 1 fully saturated rings. The molecule has 0 atom stereocenters. The first-order chi connectivity index (χ1) is 8.25. The zero-order valence-corrected chi connectivity index (χ0v) is 11.4. The zero-order chi connectivity index (χ0) is 12.1. The van der Waals surface area contributed by atoms with Gasteiger partial charge >= 0.3 is 0 Å². The standard InChI is InChI=1S/C14H17ClOS/c15-12-7-4-8-13(9-12)17-10-14(16)11-5-2-1-3-6-11/h4,7-9,11H,1-3,5-6,10H2. The molecule has 0 aliphatic heterocycles. The molecule has 1 saturated carbocycles. The normalized spacial score (nSPS) is 17.0. The number of Topliss-reactive ketones (excluding diaryl/α,β-unsaturated/α-hetero) is 1. The molecule has 1 nitrogen and oxygen atoms in total. The number of hydrogen-bond acceptors (Lipinski definition) is 2. The molecule has 92 valence electrons. The average Bonchev–Trinajstić information content (AvgIpc) is 2.37. The summed E-state index contributed by atoms with van der Waals surface area (Å²) >= 11 is 7.51. The fourth-order valence-electron chi connectivity index (χ4n) is 2.25. The van der Waals surface area contributed by atoms with Gasteiger partial charge in [-0.1, -0.05) is 36.9 Å². The quantitative estimate of drug-likeness (QED) is 0.744. The number of ketones is 1. The molecule has 2 rings (SSSR count). The largest absolute Gasteiger partial charge is 0.298 e. The van der Waals surface area contributed by atoms with Crippen LogP contribution in [0, 0.1) is 5.92 Å². The van der Waals surface area contributed by atoms with Gasteiger partial charge < -0.3 is 0 Å². The summed E-state index contributed by atoms with van der Waals surface area (Å²) in [7, 11) is 0. The first kappa shape index (κ1) is 13.0. The second kappa shape index (κ2) is 6.46. The Labute approximate surface area is 112 Å². The summed E-state index contributed by atoms with van der Waals surface area (Å²) in [4.78, 5) is 13.1. The molecule has 1 aromatic rings. The number of carbonyl (C=O) groups excluding carboxylic acids is 1. The first-order valence-corrected chi connectivity index (χ1v) is 7.53. The van der Waals surface area contributed by atoms with E-state index < -0.39 is 0 Å². The number of hydrogen-bond donors (Lipinski definition) is 0. The van der Waals surface area contributed by atoms with Crippen molar-refractivity contribution in [3.8, 4) is 0 Å². The highest BCUT2D eigenvalue weighted by Crippen LogP contribution is 2.28. The molecular weight excluding hydrogens is 252 g/mol. The number of benzene rings is 1. The average molecular weight is 269 g/mol. The van der Waals surface area contributed by atoms with E-state index in [2.05, 4.69) is 0 Å². The monoisotopic (exact) mass is 268 g/mol. The first-order valence-electron chi connectivity index (χ1n) is 6.17. The topological polar surface area (TPSA) is 17.1 Å². The molecule has 1 aliphatic rings. The minimum absolute atomic E-state index is 0.315. The maximum atomic E-state index is 12.0. The minimum Gasteiger partial charge on any atom is -0.298 e. The van der Waals surface area contributed by atoms with E-state index >= 15 is 0 Å². The van der Waals surface area contributed by atoms with Crippen LogP contribution in [0.4, 0.5) is 0 Å². The Hall–Kier alpha value is -0.470. The summed E-state index contributed by atoms with van der Waals surface area (Å²) in [6.45, 7) is 0. The van der Waals surface area contributed by atoms with Crippen molar-refractivity contribution in [2.24, 2.45) is 5.92 Å². The zero-order valence-electron chi connectivity index (χ0n) is 9.82. The van der Waals surface area contributed by atoms with Crippen molar-refractivity contribution in [2.45, 2.75) is 37.0 Å². The van der Waals surface area contributed by atoms with Gasteiger partial charge in [0.05, 0.1) is 5.75 Å². The Balaban J connectivity index is 1.83. The molecule has 0 spiro atoms. The van der Waals surface area contributed by atoms with Crippen molar-refractivity contribution in [1.29, 1.82) is 0 Å². The second-order valence-corrected chi connectivity index (χ2v) is 6.03. The molecule has 0 saturated heterocycles. The van der Waals surface area contributed by atoms with Crippen LogP contribution in [0.25, 0.3) is 0 Å². The number of carbonyl (C=O) groups is 1. The molecule has 0 radical (unpaired) electrons. The van der Waals surface area contributed by atoms with Gasteiger partial charge in [-0.2, -0.15) is 0 Å². The van der Waals surface area contributed by atoms with Gasteiger partial charge in [0, 0.05) is 15.8 Å². The van der Waals surface area contributed by atoms with Gasteiger partial charge in [-0.25, -0.2) is 0 Å². The SMILES string of the molecule is O=C(CSc1cccc(Cl)c1)C1CCCCC1. The summed E-state index contributed by atoms with van der Waals surface area (Å²) in [5.74, 6) is 1.32. The van der Waals surface area contributed by atoms with Gasteiger partial charge in [-0.05, 0) is 31.0 Å². The van der Waals surface area contributed by atoms with E-state index in [0.717, 1.165) is 22.8 Å². The third-order valence-electron chi connectivity index (χ3n) is 3.24. The summed E-state index contributed by atoms with van der Waals surface area (Å²) < 4.78 is 0. The van der Waals surface area contributed by atoms with Gasteiger partial charge in [-0.15, -0.1) is 11.8 Å². The fourth-order valence-corrected chi connectivity index (χ4v) is 3.44. The number of halogens is 1. The summed E-state index contributed by atoms with van der Waals surface area (Å²) in [5.41, 5.74) is 0. The van der Waals surface area contributed by atoms with E-state index in [1.807, 2.05) is 24.3 Å². The van der Waals surface area contributed by atoms with Crippen molar-refractivity contribution >= 4 is 29.1 Å². The second-order valence-electron chi connectivity index (χ2n) is 4.55. The Morgan fingerprint density at radius 3 is 2.76 bits per heavy atom. The summed E-state index contributed by atoms with van der Waals surface area (Å²) in [6.07, 6.45) is 5.92. The van der Waals surface area contributed by atoms with Crippen molar-refractivity contribution in [1.82, 2.24) is 0 Å². The maximum absolute atomic E-state index is 12.0. The predicted octanol–water partition coefficient (Wildman–Crippen LogP) is 4.58. The van der Waals surface area contributed by atoms with Crippen molar-refractivity contribution in [3.63, 3.8) is 0 Å². The van der Waals surface area contributed by atoms with Crippen LogP contribution in [0.15, 0.2) is 29.2 Å². The predicted molar refractivity (Wildman–Crippen MR) is 73.8 cm³/mol. The lowest BCUT2D eigenvalue weighted by atomic mass is 9.87. The van der Waals surface area contributed by atoms with E-state index in [9.17, 15) is 4.79 Å². The Kier molecular flexibility index (Phi) is 4.93. The van der Waals surface area contributed by atoms with E-state index in [1.165, 1.54) is 19.3 Å². The molecular formula is C14H17ClOS. The molecule has 0 unspecified atom stereocenters. The van der Waals surface area contributed by atoms with Gasteiger partial charge in [0.2, 0.25) is 0 Å². The lowest BCUT2D eigenvalue weighted by Gasteiger charge is -2.19. The molecule has 17 heavy (non-hydrogen) atoms. The molecule has 1 aromatic carbocycles. The van der Waals surface area contributed by atoms with Crippen LogP contribution in [0.5, 0.6) is 0 Å². The Morgan fingerprint density at radius 2 is 2.06 bits per heavy atom. The van der Waals surface area contributed by atoms with Gasteiger partial charge in [0.15, 0.2) is 0 Å². The molecule has 0 amide bonds. The van der Waals surface area contributed by atoms with Gasteiger partial charge in [-0.3, -0.25) is 4.79 Å². The fraction of sp³-hybridized carbons (Fsp3) is 0.500.